The van der Waals surface area contributed by atoms with E-state index in [1.165, 1.54) is 19.3 Å². The van der Waals surface area contributed by atoms with Crippen molar-refractivity contribution in [3.05, 3.63) is 54.1 Å². The molecular formula is C23H29N3O3. The number of anilines is 2. The summed E-state index contributed by atoms with van der Waals surface area (Å²) in [5.41, 5.74) is 1.98. The first-order valence-corrected chi connectivity index (χ1v) is 10.3. The maximum absolute atomic E-state index is 12.5. The number of carbonyl (C=O) groups is 2. The van der Waals surface area contributed by atoms with E-state index in [2.05, 4.69) is 16.0 Å². The maximum atomic E-state index is 12.5. The van der Waals surface area contributed by atoms with Crippen LogP contribution in [-0.2, 0) is 4.79 Å². The van der Waals surface area contributed by atoms with Gasteiger partial charge in [0, 0.05) is 29.0 Å². The van der Waals surface area contributed by atoms with E-state index in [-0.39, 0.29) is 24.4 Å². The van der Waals surface area contributed by atoms with E-state index in [0.717, 1.165) is 24.3 Å². The highest BCUT2D eigenvalue weighted by Gasteiger charge is 2.17. The second kappa shape index (κ2) is 10.5. The molecule has 6 heteroatoms. The van der Waals surface area contributed by atoms with Gasteiger partial charge in [-0.2, -0.15) is 0 Å². The van der Waals surface area contributed by atoms with Gasteiger partial charge in [-0.1, -0.05) is 31.4 Å². The van der Waals surface area contributed by atoms with Gasteiger partial charge < -0.3 is 20.7 Å². The first-order chi connectivity index (χ1) is 14.1. The highest BCUT2D eigenvalue weighted by atomic mass is 16.5. The van der Waals surface area contributed by atoms with E-state index in [1.54, 1.807) is 24.3 Å². The number of ether oxygens (including phenoxy) is 1. The Kier molecular flexibility index (Phi) is 7.50. The van der Waals surface area contributed by atoms with Crippen LogP contribution in [0.25, 0.3) is 0 Å². The van der Waals surface area contributed by atoms with Gasteiger partial charge in [0.05, 0.1) is 13.2 Å². The van der Waals surface area contributed by atoms with Gasteiger partial charge in [0.15, 0.2) is 0 Å². The molecule has 0 radical (unpaired) electrons. The summed E-state index contributed by atoms with van der Waals surface area (Å²) in [5, 5.41) is 9.02. The van der Waals surface area contributed by atoms with E-state index < -0.39 is 0 Å². The minimum absolute atomic E-state index is 0.0844. The minimum Gasteiger partial charge on any atom is -0.494 e. The molecule has 0 spiro atoms. The zero-order valence-corrected chi connectivity index (χ0v) is 16.9. The van der Waals surface area contributed by atoms with Crippen LogP contribution in [0.3, 0.4) is 0 Å². The fraction of sp³-hybridized carbons (Fsp3) is 0.391. The first kappa shape index (κ1) is 20.7. The Morgan fingerprint density at radius 2 is 1.76 bits per heavy atom. The summed E-state index contributed by atoms with van der Waals surface area (Å²) in [4.78, 5) is 24.8. The van der Waals surface area contributed by atoms with Crippen molar-refractivity contribution in [1.29, 1.82) is 0 Å². The number of amides is 2. The third kappa shape index (κ3) is 6.52. The van der Waals surface area contributed by atoms with Crippen LogP contribution in [0.1, 0.15) is 49.4 Å². The molecule has 0 aliphatic heterocycles. The molecule has 0 atom stereocenters. The van der Waals surface area contributed by atoms with Crippen molar-refractivity contribution in [2.45, 2.75) is 45.1 Å². The Morgan fingerprint density at radius 3 is 2.55 bits per heavy atom. The molecule has 0 saturated heterocycles. The van der Waals surface area contributed by atoms with Crippen molar-refractivity contribution in [1.82, 2.24) is 5.32 Å². The first-order valence-electron chi connectivity index (χ1n) is 10.3. The average molecular weight is 396 g/mol. The van der Waals surface area contributed by atoms with Crippen LogP contribution in [0.5, 0.6) is 5.75 Å². The summed E-state index contributed by atoms with van der Waals surface area (Å²) in [5.74, 6) is 0.491. The highest BCUT2D eigenvalue weighted by molar-refractivity contribution is 5.98. The lowest BCUT2D eigenvalue weighted by molar-refractivity contribution is -0.114. The summed E-state index contributed by atoms with van der Waals surface area (Å²) in [7, 11) is 0. The molecule has 3 rings (SSSR count). The number of carbonyl (C=O) groups excluding carboxylic acids is 2. The van der Waals surface area contributed by atoms with Gasteiger partial charge in [-0.05, 0) is 50.1 Å². The molecule has 0 heterocycles. The molecule has 0 bridgehead atoms. The summed E-state index contributed by atoms with van der Waals surface area (Å²) >= 11 is 0. The van der Waals surface area contributed by atoms with Crippen molar-refractivity contribution in [2.75, 3.05) is 23.8 Å². The Labute approximate surface area is 172 Å². The lowest BCUT2D eigenvalue weighted by Gasteiger charge is -2.22. The lowest BCUT2D eigenvalue weighted by atomic mass is 9.95. The van der Waals surface area contributed by atoms with E-state index in [1.807, 2.05) is 31.2 Å². The van der Waals surface area contributed by atoms with Gasteiger partial charge in [-0.3, -0.25) is 9.59 Å². The molecule has 29 heavy (non-hydrogen) atoms. The smallest absolute Gasteiger partial charge is 0.251 e. The number of hydrogen-bond acceptors (Lipinski definition) is 4. The third-order valence-electron chi connectivity index (χ3n) is 4.95. The minimum atomic E-state index is -0.184. The fourth-order valence-electron chi connectivity index (χ4n) is 3.50. The van der Waals surface area contributed by atoms with Crippen molar-refractivity contribution >= 4 is 23.2 Å². The molecule has 2 amide bonds. The van der Waals surface area contributed by atoms with Crippen molar-refractivity contribution < 1.29 is 14.3 Å². The normalized spacial score (nSPS) is 14.1. The number of hydrogen-bond donors (Lipinski definition) is 3. The van der Waals surface area contributed by atoms with Crippen molar-refractivity contribution in [3.63, 3.8) is 0 Å². The maximum Gasteiger partial charge on any atom is 0.251 e. The van der Waals surface area contributed by atoms with Crippen LogP contribution in [0.4, 0.5) is 11.4 Å². The molecular weight excluding hydrogens is 366 g/mol. The van der Waals surface area contributed by atoms with Crippen molar-refractivity contribution in [3.8, 4) is 5.75 Å². The Hall–Kier alpha value is -3.02. The van der Waals surface area contributed by atoms with E-state index in [4.69, 9.17) is 4.74 Å². The molecule has 1 aliphatic carbocycles. The van der Waals surface area contributed by atoms with Gasteiger partial charge in [-0.25, -0.2) is 0 Å². The van der Waals surface area contributed by atoms with Gasteiger partial charge in [0.1, 0.15) is 5.75 Å². The molecule has 1 saturated carbocycles. The largest absolute Gasteiger partial charge is 0.494 e. The van der Waals surface area contributed by atoms with Gasteiger partial charge in [0.25, 0.3) is 5.91 Å². The molecule has 2 aromatic rings. The molecule has 154 valence electrons. The Morgan fingerprint density at radius 1 is 1.00 bits per heavy atom. The van der Waals surface area contributed by atoms with E-state index in [0.29, 0.717) is 17.9 Å². The van der Waals surface area contributed by atoms with Crippen LogP contribution >= 0.6 is 0 Å². The zero-order valence-electron chi connectivity index (χ0n) is 16.9. The SMILES string of the molecule is CCOc1cccc(NCC(=O)Nc2cccc(C(=O)NC3CCCCC3)c2)c1. The average Bonchev–Trinajstić information content (AvgIpc) is 2.74. The number of rotatable bonds is 8. The number of nitrogens with one attached hydrogen (secondary N) is 3. The predicted octanol–water partition coefficient (Wildman–Crippen LogP) is 4.20. The van der Waals surface area contributed by atoms with Crippen LogP contribution in [0, 0.1) is 0 Å². The van der Waals surface area contributed by atoms with Gasteiger partial charge >= 0.3 is 0 Å². The van der Waals surface area contributed by atoms with Crippen LogP contribution in [0.15, 0.2) is 48.5 Å². The summed E-state index contributed by atoms with van der Waals surface area (Å²) in [6.45, 7) is 2.64. The van der Waals surface area contributed by atoms with E-state index in [9.17, 15) is 9.59 Å². The number of benzene rings is 2. The highest BCUT2D eigenvalue weighted by Crippen LogP contribution is 2.19. The van der Waals surface area contributed by atoms with E-state index >= 15 is 0 Å². The molecule has 6 nitrogen and oxygen atoms in total. The molecule has 2 aromatic carbocycles. The summed E-state index contributed by atoms with van der Waals surface area (Å²) < 4.78 is 5.46. The zero-order chi connectivity index (χ0) is 20.5. The molecule has 1 fully saturated rings. The van der Waals surface area contributed by atoms with Crippen molar-refractivity contribution in [2.24, 2.45) is 0 Å². The van der Waals surface area contributed by atoms with Gasteiger partial charge in [-0.15, -0.1) is 0 Å². The Bertz CT molecular complexity index is 832. The summed E-state index contributed by atoms with van der Waals surface area (Å²) in [6, 6.07) is 14.8. The van der Waals surface area contributed by atoms with Crippen LogP contribution in [-0.4, -0.2) is 31.0 Å². The monoisotopic (exact) mass is 395 g/mol. The van der Waals surface area contributed by atoms with Gasteiger partial charge in [0.2, 0.25) is 5.91 Å². The summed E-state index contributed by atoms with van der Waals surface area (Å²) in [6.07, 6.45) is 5.66. The van der Waals surface area contributed by atoms with Crippen LogP contribution < -0.4 is 20.7 Å². The standard InChI is InChI=1S/C23H29N3O3/c1-2-29-21-13-7-11-19(15-21)24-16-22(27)25-20-12-6-8-17(14-20)23(28)26-18-9-4-3-5-10-18/h6-8,11-15,18,24H,2-5,9-10,16H2,1H3,(H,25,27)(H,26,28). The topological polar surface area (TPSA) is 79.5 Å². The predicted molar refractivity (Wildman–Crippen MR) is 116 cm³/mol. The molecule has 0 aromatic heterocycles. The second-order valence-electron chi connectivity index (χ2n) is 7.25. The lowest BCUT2D eigenvalue weighted by Crippen LogP contribution is -2.36. The molecule has 1 aliphatic rings. The third-order valence-corrected chi connectivity index (χ3v) is 4.95. The molecule has 0 unspecified atom stereocenters. The Balaban J connectivity index is 1.51. The van der Waals surface area contributed by atoms with Crippen LogP contribution in [0.2, 0.25) is 0 Å². The fourth-order valence-corrected chi connectivity index (χ4v) is 3.50. The molecule has 3 N–H and O–H groups in total. The quantitative estimate of drug-likeness (QED) is 0.626. The second-order valence-corrected chi connectivity index (χ2v) is 7.25.